The third-order valence-corrected chi connectivity index (χ3v) is 4.41. The Hall–Kier alpha value is -0.580. The number of amides is 1. The Morgan fingerprint density at radius 3 is 2.75 bits per heavy atom. The van der Waals surface area contributed by atoms with Gasteiger partial charge in [-0.15, -0.1) is 11.3 Å². The number of hydrogen-bond donors (Lipinski definition) is 1. The molecule has 1 fully saturated rings. The van der Waals surface area contributed by atoms with Gasteiger partial charge >= 0.3 is 0 Å². The minimum atomic E-state index is -0.512. The highest BCUT2D eigenvalue weighted by Crippen LogP contribution is 2.32. The van der Waals surface area contributed by atoms with E-state index in [1.54, 1.807) is 15.7 Å². The molecule has 1 N–H and O–H groups in total. The van der Waals surface area contributed by atoms with E-state index in [1.807, 2.05) is 13.8 Å². The van der Waals surface area contributed by atoms with E-state index in [0.717, 1.165) is 0 Å². The van der Waals surface area contributed by atoms with Gasteiger partial charge in [-0.25, -0.2) is 0 Å². The van der Waals surface area contributed by atoms with E-state index >= 15 is 0 Å². The van der Waals surface area contributed by atoms with Crippen molar-refractivity contribution in [2.24, 2.45) is 0 Å². The predicted octanol–water partition coefficient (Wildman–Crippen LogP) is 2.39. The van der Waals surface area contributed by atoms with E-state index < -0.39 is 11.6 Å². The summed E-state index contributed by atoms with van der Waals surface area (Å²) in [6.07, 6.45) is 0.161. The van der Waals surface area contributed by atoms with Crippen molar-refractivity contribution in [2.75, 3.05) is 6.54 Å². The number of nitrogens with zero attached hydrogens (tertiary/aromatic N) is 1. The van der Waals surface area contributed by atoms with Gasteiger partial charge in [-0.05, 0) is 20.3 Å². The van der Waals surface area contributed by atoms with Gasteiger partial charge in [-0.3, -0.25) is 4.79 Å². The van der Waals surface area contributed by atoms with Crippen molar-refractivity contribution in [3.63, 3.8) is 0 Å². The summed E-state index contributed by atoms with van der Waals surface area (Å²) < 4.78 is 0. The Balaban J connectivity index is 2.27. The van der Waals surface area contributed by atoms with E-state index in [0.29, 0.717) is 23.6 Å². The van der Waals surface area contributed by atoms with E-state index in [-0.39, 0.29) is 5.91 Å². The standard InChI is InChI=1S/C11H14ClNO2S/c1-11(2)9(14)3-4-13(11)10(15)7-5-16-6-8(7)12/h5-6,9,14H,3-4H2,1-2H3. The zero-order chi connectivity index (χ0) is 11.9. The number of aliphatic hydroxyl groups is 1. The fourth-order valence-corrected chi connectivity index (χ4v) is 3.05. The molecule has 88 valence electrons. The molecule has 1 amide bonds. The van der Waals surface area contributed by atoms with Crippen LogP contribution in [0, 0.1) is 0 Å². The highest BCUT2D eigenvalue weighted by molar-refractivity contribution is 7.08. The molecule has 1 saturated heterocycles. The Labute approximate surface area is 104 Å². The average molecular weight is 260 g/mol. The molecule has 0 aliphatic carbocycles. The van der Waals surface area contributed by atoms with Gasteiger partial charge in [0.25, 0.3) is 5.91 Å². The van der Waals surface area contributed by atoms with Crippen LogP contribution in [0.2, 0.25) is 5.02 Å². The lowest BCUT2D eigenvalue weighted by Crippen LogP contribution is -2.48. The molecule has 3 nitrogen and oxygen atoms in total. The van der Waals surface area contributed by atoms with Gasteiger partial charge in [0.1, 0.15) is 0 Å². The second kappa shape index (κ2) is 4.02. The minimum Gasteiger partial charge on any atom is -0.391 e. The number of rotatable bonds is 1. The lowest BCUT2D eigenvalue weighted by Gasteiger charge is -2.33. The monoisotopic (exact) mass is 259 g/mol. The molecule has 0 aromatic carbocycles. The van der Waals surface area contributed by atoms with Crippen LogP contribution in [0.1, 0.15) is 30.6 Å². The second-order valence-corrected chi connectivity index (χ2v) is 5.70. The maximum absolute atomic E-state index is 12.2. The van der Waals surface area contributed by atoms with Crippen LogP contribution in [0.4, 0.5) is 0 Å². The molecule has 2 heterocycles. The Bertz CT molecular complexity index is 416. The number of carbonyl (C=O) groups is 1. The topological polar surface area (TPSA) is 40.5 Å². The number of carbonyl (C=O) groups excluding carboxylic acids is 1. The number of hydrogen-bond acceptors (Lipinski definition) is 3. The van der Waals surface area contributed by atoms with Gasteiger partial charge in [0, 0.05) is 17.3 Å². The average Bonchev–Trinajstić information content (AvgIpc) is 2.73. The third kappa shape index (κ3) is 1.75. The molecule has 0 spiro atoms. The Morgan fingerprint density at radius 2 is 2.31 bits per heavy atom. The molecule has 1 aliphatic rings. The first-order chi connectivity index (χ1) is 7.44. The highest BCUT2D eigenvalue weighted by atomic mass is 35.5. The van der Waals surface area contributed by atoms with Crippen LogP contribution in [0.15, 0.2) is 10.8 Å². The molecular formula is C11H14ClNO2S. The Morgan fingerprint density at radius 1 is 1.62 bits per heavy atom. The number of thiophene rings is 1. The fourth-order valence-electron chi connectivity index (χ4n) is 2.02. The summed E-state index contributed by atoms with van der Waals surface area (Å²) in [6, 6.07) is 0. The summed E-state index contributed by atoms with van der Waals surface area (Å²) in [4.78, 5) is 13.9. The van der Waals surface area contributed by atoms with Crippen LogP contribution in [0.3, 0.4) is 0 Å². The molecule has 1 aromatic rings. The number of likely N-dealkylation sites (tertiary alicyclic amines) is 1. The number of aliphatic hydroxyl groups excluding tert-OH is 1. The lowest BCUT2D eigenvalue weighted by molar-refractivity contribution is 0.0395. The second-order valence-electron chi connectivity index (χ2n) is 4.55. The summed E-state index contributed by atoms with van der Waals surface area (Å²) >= 11 is 7.36. The van der Waals surface area contributed by atoms with E-state index in [2.05, 4.69) is 0 Å². The Kier molecular flexibility index (Phi) is 2.99. The first-order valence-corrected chi connectivity index (χ1v) is 6.48. The predicted molar refractivity (Wildman–Crippen MR) is 65.1 cm³/mol. The summed E-state index contributed by atoms with van der Waals surface area (Å²) in [5.74, 6) is -0.0900. The van der Waals surface area contributed by atoms with Crippen LogP contribution in [0.25, 0.3) is 0 Å². The molecule has 1 unspecified atom stereocenters. The van der Waals surface area contributed by atoms with Crippen molar-refractivity contribution < 1.29 is 9.90 Å². The maximum atomic E-state index is 12.2. The van der Waals surface area contributed by atoms with Gasteiger partial charge in [0.05, 0.1) is 22.2 Å². The third-order valence-electron chi connectivity index (χ3n) is 3.23. The first kappa shape index (κ1) is 11.9. The smallest absolute Gasteiger partial charge is 0.256 e. The van der Waals surface area contributed by atoms with Crippen molar-refractivity contribution in [1.29, 1.82) is 0 Å². The van der Waals surface area contributed by atoms with Gasteiger partial charge in [0.2, 0.25) is 0 Å². The first-order valence-electron chi connectivity index (χ1n) is 5.16. The fraction of sp³-hybridized carbons (Fsp3) is 0.545. The van der Waals surface area contributed by atoms with Crippen molar-refractivity contribution in [2.45, 2.75) is 31.9 Å². The van der Waals surface area contributed by atoms with Crippen molar-refractivity contribution in [3.05, 3.63) is 21.3 Å². The summed E-state index contributed by atoms with van der Waals surface area (Å²) in [5, 5.41) is 13.8. The summed E-state index contributed by atoms with van der Waals surface area (Å²) in [6.45, 7) is 4.34. The summed E-state index contributed by atoms with van der Waals surface area (Å²) in [5.41, 5.74) is 0.0244. The molecule has 1 atom stereocenters. The van der Waals surface area contributed by atoms with Crippen LogP contribution < -0.4 is 0 Å². The SMILES string of the molecule is CC1(C)C(O)CCN1C(=O)c1cscc1Cl. The zero-order valence-electron chi connectivity index (χ0n) is 9.24. The van der Waals surface area contributed by atoms with Gasteiger partial charge < -0.3 is 10.0 Å². The van der Waals surface area contributed by atoms with Gasteiger partial charge in [-0.1, -0.05) is 11.6 Å². The van der Waals surface area contributed by atoms with Crippen molar-refractivity contribution in [3.8, 4) is 0 Å². The quantitative estimate of drug-likeness (QED) is 0.841. The molecular weight excluding hydrogens is 246 g/mol. The molecule has 1 aromatic heterocycles. The zero-order valence-corrected chi connectivity index (χ0v) is 10.8. The molecule has 0 saturated carbocycles. The molecule has 16 heavy (non-hydrogen) atoms. The van der Waals surface area contributed by atoms with Crippen molar-refractivity contribution >= 4 is 28.8 Å². The molecule has 0 bridgehead atoms. The molecule has 5 heteroatoms. The molecule has 2 rings (SSSR count). The van der Waals surface area contributed by atoms with E-state index in [4.69, 9.17) is 11.6 Å². The largest absolute Gasteiger partial charge is 0.391 e. The van der Waals surface area contributed by atoms with Crippen LogP contribution in [-0.4, -0.2) is 34.1 Å². The van der Waals surface area contributed by atoms with Gasteiger partial charge in [-0.2, -0.15) is 0 Å². The summed E-state index contributed by atoms with van der Waals surface area (Å²) in [7, 11) is 0. The molecule has 1 aliphatic heterocycles. The maximum Gasteiger partial charge on any atom is 0.256 e. The van der Waals surface area contributed by atoms with Gasteiger partial charge in [0.15, 0.2) is 0 Å². The minimum absolute atomic E-state index is 0.0900. The van der Waals surface area contributed by atoms with Crippen molar-refractivity contribution in [1.82, 2.24) is 4.90 Å². The molecule has 0 radical (unpaired) electrons. The number of halogens is 1. The van der Waals surface area contributed by atoms with E-state index in [9.17, 15) is 9.90 Å². The normalized spacial score (nSPS) is 23.8. The van der Waals surface area contributed by atoms with Crippen LogP contribution in [0.5, 0.6) is 0 Å². The van der Waals surface area contributed by atoms with Crippen LogP contribution >= 0.6 is 22.9 Å². The van der Waals surface area contributed by atoms with E-state index in [1.165, 1.54) is 11.3 Å². The van der Waals surface area contributed by atoms with Crippen LogP contribution in [-0.2, 0) is 0 Å². The lowest BCUT2D eigenvalue weighted by atomic mass is 9.98. The highest BCUT2D eigenvalue weighted by Gasteiger charge is 2.43.